The molecule has 2 aliphatic heterocycles. The molecule has 203 valence electrons. The normalized spacial score (nSPS) is 17.5. The smallest absolute Gasteiger partial charge is 1.00 e. The number of carbonyl (C=O) groups excluding carboxylic acids is 1. The van der Waals surface area contributed by atoms with Crippen LogP contribution in [0.2, 0.25) is 0 Å². The Morgan fingerprint density at radius 2 is 1.39 bits per heavy atom. The standard InChI is InChI=1S/C11H18N4O2S.C11H16N4O2S.B.Na.H/c2*1-7(16)10-8(12-15(4)13-10)6-18-9-5-11(2,3)17-14-9;;;/h7,16H,5-6H2,1-4H3;5-6H2,1-4H3;;;/q;;;+1;-1. The maximum Gasteiger partial charge on any atom is 1.00 e. The molecule has 1 N–H and O–H groups in total. The third-order valence-corrected chi connectivity index (χ3v) is 6.96. The Balaban J connectivity index is 0.000000688. The van der Waals surface area contributed by atoms with Crippen LogP contribution >= 0.6 is 23.5 Å². The summed E-state index contributed by atoms with van der Waals surface area (Å²) in [5, 5.41) is 36.2. The molecular weight excluding hydrogens is 538 g/mol. The number of aliphatic hydroxyl groups excluding tert-OH is 1. The molecule has 0 amide bonds. The fourth-order valence-corrected chi connectivity index (χ4v) is 5.46. The number of hydrogen-bond donors (Lipinski definition) is 1. The molecule has 0 saturated heterocycles. The maximum absolute atomic E-state index is 11.4. The Morgan fingerprint density at radius 3 is 1.82 bits per heavy atom. The first-order valence-corrected chi connectivity index (χ1v) is 13.5. The van der Waals surface area contributed by atoms with E-state index in [-0.39, 0.29) is 56.4 Å². The van der Waals surface area contributed by atoms with E-state index in [1.54, 1.807) is 44.5 Å². The van der Waals surface area contributed by atoms with E-state index in [1.165, 1.54) is 16.5 Å². The second kappa shape index (κ2) is 14.3. The van der Waals surface area contributed by atoms with Crippen molar-refractivity contribution < 1.29 is 50.6 Å². The Hall–Kier alpha value is -1.39. The number of nitrogens with zero attached hydrogens (tertiary/aromatic N) is 8. The van der Waals surface area contributed by atoms with Gasteiger partial charge in [0.2, 0.25) is 0 Å². The Bertz CT molecular complexity index is 1170. The number of oxime groups is 2. The van der Waals surface area contributed by atoms with E-state index in [0.717, 1.165) is 28.6 Å². The summed E-state index contributed by atoms with van der Waals surface area (Å²) in [4.78, 5) is 24.9. The van der Waals surface area contributed by atoms with Crippen LogP contribution in [-0.4, -0.2) is 70.6 Å². The number of aromatic nitrogens is 6. The number of Topliss-reactive ketones (excluding diaryl/α,β-unsaturated/α-hetero) is 1. The first kappa shape index (κ1) is 34.6. The van der Waals surface area contributed by atoms with Crippen molar-refractivity contribution in [2.45, 2.75) is 83.2 Å². The van der Waals surface area contributed by atoms with Gasteiger partial charge in [-0.15, -0.1) is 23.5 Å². The van der Waals surface area contributed by atoms with E-state index >= 15 is 0 Å². The summed E-state index contributed by atoms with van der Waals surface area (Å²) < 4.78 is 0. The number of aryl methyl sites for hydroxylation is 2. The van der Waals surface area contributed by atoms with Gasteiger partial charge >= 0.3 is 29.6 Å². The molecule has 0 spiro atoms. The van der Waals surface area contributed by atoms with Gasteiger partial charge in [0, 0.05) is 53.8 Å². The van der Waals surface area contributed by atoms with E-state index in [0.29, 0.717) is 28.6 Å². The first-order valence-electron chi connectivity index (χ1n) is 11.5. The van der Waals surface area contributed by atoms with E-state index < -0.39 is 6.10 Å². The van der Waals surface area contributed by atoms with E-state index in [4.69, 9.17) is 9.68 Å². The van der Waals surface area contributed by atoms with Crippen LogP contribution in [0.1, 0.15) is 89.5 Å². The van der Waals surface area contributed by atoms with Gasteiger partial charge in [0.1, 0.15) is 32.7 Å². The average Bonchev–Trinajstić information content (AvgIpc) is 3.51. The third kappa shape index (κ3) is 9.98. The van der Waals surface area contributed by atoms with Crippen LogP contribution in [0.25, 0.3) is 0 Å². The monoisotopic (exact) mass is 573 g/mol. The number of aliphatic hydroxyl groups is 1. The molecule has 4 heterocycles. The summed E-state index contributed by atoms with van der Waals surface area (Å²) in [5.41, 5.74) is 2.12. The number of ketones is 1. The topological polar surface area (TPSA) is 142 Å². The predicted molar refractivity (Wildman–Crippen MR) is 147 cm³/mol. The zero-order valence-corrected chi connectivity index (χ0v) is 27.2. The summed E-state index contributed by atoms with van der Waals surface area (Å²) in [6.07, 6.45) is 0.988. The summed E-state index contributed by atoms with van der Waals surface area (Å²) in [6, 6.07) is 0. The SMILES string of the molecule is CC(=O)c1nn(C)nc1CSC1=NOC(C)(C)C1.CC(O)c1nn(C)nc1CSC1=NOC(C)(C)C1.[B].[H-].[Na+]. The molecule has 2 aromatic rings. The zero-order valence-electron chi connectivity index (χ0n) is 24.5. The summed E-state index contributed by atoms with van der Waals surface area (Å²) in [7, 11) is 3.46. The molecule has 38 heavy (non-hydrogen) atoms. The van der Waals surface area contributed by atoms with Gasteiger partial charge < -0.3 is 16.2 Å². The summed E-state index contributed by atoms with van der Waals surface area (Å²) in [5.74, 6) is 1.16. The van der Waals surface area contributed by atoms with Gasteiger partial charge in [-0.25, -0.2) is 0 Å². The Labute approximate surface area is 257 Å². The second-order valence-electron chi connectivity index (χ2n) is 9.84. The maximum atomic E-state index is 11.4. The quantitative estimate of drug-likeness (QED) is 0.374. The molecule has 1 atom stereocenters. The number of thioether (sulfide) groups is 2. The molecular formula is C22H35BN8NaO4S2. The molecule has 0 fully saturated rings. The van der Waals surface area contributed by atoms with Gasteiger partial charge in [0.15, 0.2) is 11.5 Å². The second-order valence-corrected chi connectivity index (χ2v) is 11.9. The van der Waals surface area contributed by atoms with Crippen molar-refractivity contribution in [3.8, 4) is 0 Å². The van der Waals surface area contributed by atoms with Crippen molar-refractivity contribution in [1.29, 1.82) is 0 Å². The van der Waals surface area contributed by atoms with Gasteiger partial charge in [-0.05, 0) is 34.6 Å². The van der Waals surface area contributed by atoms with Gasteiger partial charge in [0.25, 0.3) is 0 Å². The minimum atomic E-state index is -0.604. The number of hydrogen-bond acceptors (Lipinski definition) is 12. The van der Waals surface area contributed by atoms with E-state index in [9.17, 15) is 9.90 Å². The average molecular weight is 574 g/mol. The third-order valence-electron chi connectivity index (χ3n) is 5.02. The minimum Gasteiger partial charge on any atom is -1.00 e. The van der Waals surface area contributed by atoms with E-state index in [1.807, 2.05) is 27.7 Å². The van der Waals surface area contributed by atoms with Crippen LogP contribution in [0.3, 0.4) is 0 Å². The van der Waals surface area contributed by atoms with Crippen molar-refractivity contribution in [2.24, 2.45) is 24.4 Å². The number of rotatable bonds is 6. The van der Waals surface area contributed by atoms with E-state index in [2.05, 4.69) is 30.7 Å². The largest absolute Gasteiger partial charge is 1.00 e. The molecule has 0 bridgehead atoms. The predicted octanol–water partition coefficient (Wildman–Crippen LogP) is 0.113. The van der Waals surface area contributed by atoms with Crippen LogP contribution in [-0.2, 0) is 35.3 Å². The molecule has 2 aromatic heterocycles. The van der Waals surface area contributed by atoms with Crippen LogP contribution in [0.5, 0.6) is 0 Å². The van der Waals surface area contributed by atoms with Crippen molar-refractivity contribution in [3.05, 3.63) is 22.8 Å². The van der Waals surface area contributed by atoms with Crippen molar-refractivity contribution in [2.75, 3.05) is 0 Å². The van der Waals surface area contributed by atoms with Crippen LogP contribution in [0, 0.1) is 0 Å². The fraction of sp³-hybridized carbons (Fsp3) is 0.682. The molecule has 2 aliphatic rings. The molecule has 0 aliphatic carbocycles. The molecule has 12 nitrogen and oxygen atoms in total. The molecule has 3 radical (unpaired) electrons. The van der Waals surface area contributed by atoms with Gasteiger partial charge in [-0.3, -0.25) is 4.79 Å². The molecule has 4 rings (SSSR count). The Kier molecular flexibility index (Phi) is 13.0. The van der Waals surface area contributed by atoms with Crippen LogP contribution in [0.15, 0.2) is 10.3 Å². The first-order chi connectivity index (χ1) is 16.7. The van der Waals surface area contributed by atoms with Crippen molar-refractivity contribution >= 4 is 47.8 Å². The molecule has 1 unspecified atom stereocenters. The molecule has 0 aromatic carbocycles. The van der Waals surface area contributed by atoms with Crippen LogP contribution < -0.4 is 29.6 Å². The summed E-state index contributed by atoms with van der Waals surface area (Å²) in [6.45, 7) is 11.2. The fourth-order valence-electron chi connectivity index (χ4n) is 3.37. The summed E-state index contributed by atoms with van der Waals surface area (Å²) >= 11 is 3.12. The number of carbonyl (C=O) groups is 1. The van der Waals surface area contributed by atoms with Gasteiger partial charge in [-0.2, -0.15) is 30.0 Å². The van der Waals surface area contributed by atoms with Gasteiger partial charge in [-0.1, -0.05) is 10.3 Å². The van der Waals surface area contributed by atoms with Crippen molar-refractivity contribution in [1.82, 2.24) is 30.0 Å². The van der Waals surface area contributed by atoms with Crippen LogP contribution in [0.4, 0.5) is 0 Å². The van der Waals surface area contributed by atoms with Gasteiger partial charge in [0.05, 0.1) is 11.8 Å². The Morgan fingerprint density at radius 1 is 0.947 bits per heavy atom. The van der Waals surface area contributed by atoms with Crippen molar-refractivity contribution in [3.63, 3.8) is 0 Å². The molecule has 16 heteroatoms. The minimum absolute atomic E-state index is 0. The molecule has 0 saturated carbocycles. The zero-order chi connectivity index (χ0) is 26.7.